The van der Waals surface area contributed by atoms with Crippen molar-refractivity contribution in [2.75, 3.05) is 18.2 Å². The van der Waals surface area contributed by atoms with Crippen molar-refractivity contribution in [2.24, 2.45) is 13.0 Å². The Hall–Kier alpha value is -3.33. The first-order valence-electron chi connectivity index (χ1n) is 10.6. The fraction of sp³-hybridized carbons (Fsp3) is 0.333. The first-order valence-corrected chi connectivity index (χ1v) is 11.6. The lowest BCUT2D eigenvalue weighted by atomic mass is 10.0. The number of carbonyl (C=O) groups excluding carboxylic acids is 2. The lowest BCUT2D eigenvalue weighted by molar-refractivity contribution is -0.113. The summed E-state index contributed by atoms with van der Waals surface area (Å²) in [5, 5.41) is 15.1. The summed E-state index contributed by atoms with van der Waals surface area (Å²) in [6, 6.07) is 14.2. The molecule has 33 heavy (non-hydrogen) atoms. The molecule has 0 aliphatic heterocycles. The highest BCUT2D eigenvalue weighted by Gasteiger charge is 2.25. The highest BCUT2D eigenvalue weighted by molar-refractivity contribution is 7.99. The third-order valence-corrected chi connectivity index (χ3v) is 6.14. The molecule has 8 nitrogen and oxygen atoms in total. The SMILES string of the molecule is COc1ccc(C(=O)NC(c2nnc(SCC(=O)Nc3ccc(C)cc3)n2C)C(C)C)cc1. The van der Waals surface area contributed by atoms with E-state index in [0.29, 0.717) is 22.3 Å². The van der Waals surface area contributed by atoms with Crippen LogP contribution in [0.3, 0.4) is 0 Å². The zero-order valence-electron chi connectivity index (χ0n) is 19.5. The monoisotopic (exact) mass is 467 g/mol. The van der Waals surface area contributed by atoms with Gasteiger partial charge in [0.2, 0.25) is 5.91 Å². The highest BCUT2D eigenvalue weighted by Crippen LogP contribution is 2.25. The van der Waals surface area contributed by atoms with Crippen molar-refractivity contribution in [1.29, 1.82) is 0 Å². The van der Waals surface area contributed by atoms with Crippen molar-refractivity contribution in [3.05, 3.63) is 65.5 Å². The number of carbonyl (C=O) groups is 2. The van der Waals surface area contributed by atoms with E-state index in [1.807, 2.05) is 56.7 Å². The van der Waals surface area contributed by atoms with E-state index in [-0.39, 0.29) is 29.5 Å². The number of hydrogen-bond acceptors (Lipinski definition) is 6. The van der Waals surface area contributed by atoms with Crippen molar-refractivity contribution >= 4 is 29.3 Å². The minimum Gasteiger partial charge on any atom is -0.497 e. The molecule has 1 unspecified atom stereocenters. The number of rotatable bonds is 9. The summed E-state index contributed by atoms with van der Waals surface area (Å²) in [7, 11) is 3.42. The smallest absolute Gasteiger partial charge is 0.251 e. The molecule has 0 spiro atoms. The zero-order chi connectivity index (χ0) is 24.0. The summed E-state index contributed by atoms with van der Waals surface area (Å²) in [4.78, 5) is 25.1. The molecule has 0 fully saturated rings. The van der Waals surface area contributed by atoms with Gasteiger partial charge in [-0.05, 0) is 49.2 Å². The van der Waals surface area contributed by atoms with Crippen LogP contribution < -0.4 is 15.4 Å². The quantitative estimate of drug-likeness (QED) is 0.462. The Balaban J connectivity index is 1.65. The molecule has 0 bridgehead atoms. The van der Waals surface area contributed by atoms with Crippen LogP contribution in [0.25, 0.3) is 0 Å². The predicted molar refractivity (Wildman–Crippen MR) is 130 cm³/mol. The molecular formula is C24H29N5O3S. The van der Waals surface area contributed by atoms with Gasteiger partial charge in [-0.15, -0.1) is 10.2 Å². The van der Waals surface area contributed by atoms with E-state index in [2.05, 4.69) is 20.8 Å². The van der Waals surface area contributed by atoms with Crippen LogP contribution in [0.15, 0.2) is 53.7 Å². The molecule has 0 aliphatic carbocycles. The number of thioether (sulfide) groups is 1. The highest BCUT2D eigenvalue weighted by atomic mass is 32.2. The summed E-state index contributed by atoms with van der Waals surface area (Å²) in [6.07, 6.45) is 0. The van der Waals surface area contributed by atoms with Gasteiger partial charge in [0.05, 0.1) is 18.9 Å². The Bertz CT molecular complexity index is 1090. The van der Waals surface area contributed by atoms with Crippen LogP contribution in [0.2, 0.25) is 0 Å². The Morgan fingerprint density at radius 3 is 2.33 bits per heavy atom. The summed E-state index contributed by atoms with van der Waals surface area (Å²) in [5.41, 5.74) is 2.42. The van der Waals surface area contributed by atoms with Gasteiger partial charge in [-0.1, -0.05) is 43.3 Å². The molecule has 1 atom stereocenters. The topological polar surface area (TPSA) is 98.1 Å². The molecule has 2 amide bonds. The molecular weight excluding hydrogens is 438 g/mol. The number of hydrogen-bond donors (Lipinski definition) is 2. The number of aromatic nitrogens is 3. The standard InChI is InChI=1S/C24H29N5O3S/c1-15(2)21(26-23(31)17-8-12-19(32-5)13-9-17)22-27-28-24(29(22)4)33-14-20(30)25-18-10-6-16(3)7-11-18/h6-13,15,21H,14H2,1-5H3,(H,25,30)(H,26,31). The minimum atomic E-state index is -0.340. The number of methoxy groups -OCH3 is 1. The maximum absolute atomic E-state index is 12.8. The second-order valence-electron chi connectivity index (χ2n) is 8.03. The van der Waals surface area contributed by atoms with Gasteiger partial charge < -0.3 is 19.9 Å². The normalized spacial score (nSPS) is 11.8. The molecule has 2 aromatic carbocycles. The molecule has 2 N–H and O–H groups in total. The van der Waals surface area contributed by atoms with Crippen LogP contribution >= 0.6 is 11.8 Å². The molecule has 0 radical (unpaired) electrons. The summed E-state index contributed by atoms with van der Waals surface area (Å²) >= 11 is 1.30. The fourth-order valence-corrected chi connectivity index (χ4v) is 3.90. The third kappa shape index (κ3) is 6.35. The van der Waals surface area contributed by atoms with Gasteiger partial charge in [-0.2, -0.15) is 0 Å². The van der Waals surface area contributed by atoms with Crippen molar-refractivity contribution in [3.63, 3.8) is 0 Å². The second kappa shape index (κ2) is 11.0. The van der Waals surface area contributed by atoms with Crippen LogP contribution in [0, 0.1) is 12.8 Å². The molecule has 3 aromatic rings. The molecule has 3 rings (SSSR count). The fourth-order valence-electron chi connectivity index (χ4n) is 3.18. The maximum Gasteiger partial charge on any atom is 0.251 e. The van der Waals surface area contributed by atoms with Gasteiger partial charge in [0.15, 0.2) is 11.0 Å². The number of anilines is 1. The van der Waals surface area contributed by atoms with E-state index in [0.717, 1.165) is 11.3 Å². The van der Waals surface area contributed by atoms with Crippen LogP contribution in [0.4, 0.5) is 5.69 Å². The number of nitrogens with zero attached hydrogens (tertiary/aromatic N) is 3. The minimum absolute atomic E-state index is 0.0813. The number of aryl methyl sites for hydroxylation is 1. The average Bonchev–Trinajstić information content (AvgIpc) is 3.17. The van der Waals surface area contributed by atoms with E-state index < -0.39 is 0 Å². The van der Waals surface area contributed by atoms with E-state index in [4.69, 9.17) is 4.74 Å². The summed E-state index contributed by atoms with van der Waals surface area (Å²) < 4.78 is 6.97. The van der Waals surface area contributed by atoms with E-state index >= 15 is 0 Å². The maximum atomic E-state index is 12.8. The number of nitrogens with one attached hydrogen (secondary N) is 2. The zero-order valence-corrected chi connectivity index (χ0v) is 20.3. The molecule has 0 saturated carbocycles. The third-order valence-electron chi connectivity index (χ3n) is 5.12. The van der Waals surface area contributed by atoms with Gasteiger partial charge in [0.25, 0.3) is 5.91 Å². The van der Waals surface area contributed by atoms with Gasteiger partial charge in [0, 0.05) is 18.3 Å². The molecule has 174 valence electrons. The molecule has 1 aromatic heterocycles. The first-order chi connectivity index (χ1) is 15.8. The van der Waals surface area contributed by atoms with Crippen LogP contribution in [-0.4, -0.2) is 39.4 Å². The Morgan fingerprint density at radius 1 is 1.06 bits per heavy atom. The lowest BCUT2D eigenvalue weighted by Gasteiger charge is -2.21. The molecule has 1 heterocycles. The van der Waals surface area contributed by atoms with E-state index in [9.17, 15) is 9.59 Å². The van der Waals surface area contributed by atoms with Crippen LogP contribution in [-0.2, 0) is 11.8 Å². The predicted octanol–water partition coefficient (Wildman–Crippen LogP) is 3.99. The Morgan fingerprint density at radius 2 is 1.73 bits per heavy atom. The number of ether oxygens (including phenoxy) is 1. The van der Waals surface area contributed by atoms with E-state index in [1.54, 1.807) is 31.4 Å². The first kappa shape index (κ1) is 24.3. The largest absolute Gasteiger partial charge is 0.497 e. The van der Waals surface area contributed by atoms with Gasteiger partial charge in [-0.25, -0.2) is 0 Å². The van der Waals surface area contributed by atoms with Gasteiger partial charge in [0.1, 0.15) is 5.75 Å². The van der Waals surface area contributed by atoms with Crippen molar-refractivity contribution in [3.8, 4) is 5.75 Å². The Labute approximate surface area is 198 Å². The van der Waals surface area contributed by atoms with Gasteiger partial charge in [-0.3, -0.25) is 9.59 Å². The Kier molecular flexibility index (Phi) is 8.11. The van der Waals surface area contributed by atoms with Crippen LogP contribution in [0.1, 0.15) is 41.6 Å². The van der Waals surface area contributed by atoms with Crippen LogP contribution in [0.5, 0.6) is 5.75 Å². The number of amides is 2. The molecule has 0 saturated heterocycles. The molecule has 0 aliphatic rings. The number of benzene rings is 2. The van der Waals surface area contributed by atoms with Crippen molar-refractivity contribution in [1.82, 2.24) is 20.1 Å². The summed E-state index contributed by atoms with van der Waals surface area (Å²) in [5.74, 6) is 1.27. The van der Waals surface area contributed by atoms with Crippen molar-refractivity contribution in [2.45, 2.75) is 32.0 Å². The molecule has 9 heteroatoms. The second-order valence-corrected chi connectivity index (χ2v) is 8.97. The van der Waals surface area contributed by atoms with E-state index in [1.165, 1.54) is 11.8 Å². The lowest BCUT2D eigenvalue weighted by Crippen LogP contribution is -2.33. The van der Waals surface area contributed by atoms with Gasteiger partial charge >= 0.3 is 0 Å². The average molecular weight is 468 g/mol. The summed E-state index contributed by atoms with van der Waals surface area (Å²) in [6.45, 7) is 6.02. The van der Waals surface area contributed by atoms with Crippen molar-refractivity contribution < 1.29 is 14.3 Å².